The molecule has 1 aromatic heterocycles. The Kier molecular flexibility index (Phi) is 3.94. The van der Waals surface area contributed by atoms with Crippen molar-refractivity contribution < 1.29 is 9.53 Å². The number of benzene rings is 1. The second-order valence-electron chi connectivity index (χ2n) is 6.14. The number of pyridine rings is 1. The first-order valence-electron chi connectivity index (χ1n) is 8.27. The second-order valence-corrected chi connectivity index (χ2v) is 6.14. The lowest BCUT2D eigenvalue weighted by molar-refractivity contribution is -0.118. The Morgan fingerprint density at radius 1 is 1.21 bits per heavy atom. The van der Waals surface area contributed by atoms with Crippen molar-refractivity contribution in [1.29, 1.82) is 0 Å². The molecule has 3 heterocycles. The van der Waals surface area contributed by atoms with Gasteiger partial charge in [0.15, 0.2) is 6.61 Å². The van der Waals surface area contributed by atoms with Gasteiger partial charge in [-0.15, -0.1) is 0 Å². The molecule has 24 heavy (non-hydrogen) atoms. The maximum Gasteiger partial charge on any atom is 0.262 e. The molecule has 0 aliphatic carbocycles. The Morgan fingerprint density at radius 2 is 2.08 bits per heavy atom. The van der Waals surface area contributed by atoms with Crippen LogP contribution < -0.4 is 20.3 Å². The summed E-state index contributed by atoms with van der Waals surface area (Å²) >= 11 is 0. The van der Waals surface area contributed by atoms with Gasteiger partial charge in [0.25, 0.3) is 5.91 Å². The van der Waals surface area contributed by atoms with E-state index >= 15 is 0 Å². The molecule has 2 aromatic rings. The van der Waals surface area contributed by atoms with Crippen LogP contribution in [0.15, 0.2) is 42.6 Å². The predicted octanol–water partition coefficient (Wildman–Crippen LogP) is 2.49. The highest BCUT2D eigenvalue weighted by molar-refractivity contribution is 5.95. The van der Waals surface area contributed by atoms with Crippen molar-refractivity contribution in [2.75, 3.05) is 35.2 Å². The van der Waals surface area contributed by atoms with Gasteiger partial charge in [0.05, 0.1) is 5.69 Å². The third-order valence-electron chi connectivity index (χ3n) is 4.45. The van der Waals surface area contributed by atoms with Crippen LogP contribution in [0.1, 0.15) is 12.8 Å². The lowest BCUT2D eigenvalue weighted by atomic mass is 10.0. The highest BCUT2D eigenvalue weighted by Crippen LogP contribution is 2.31. The quantitative estimate of drug-likeness (QED) is 0.908. The molecule has 1 aromatic carbocycles. The summed E-state index contributed by atoms with van der Waals surface area (Å²) in [5.74, 6) is 1.67. The van der Waals surface area contributed by atoms with Crippen LogP contribution in [-0.4, -0.2) is 36.6 Å². The lowest BCUT2D eigenvalue weighted by Crippen LogP contribution is -2.39. The molecule has 6 nitrogen and oxygen atoms in total. The number of carbonyl (C=O) groups is 1. The number of aromatic nitrogens is 1. The summed E-state index contributed by atoms with van der Waals surface area (Å²) in [6.07, 6.45) is 3.96. The van der Waals surface area contributed by atoms with E-state index < -0.39 is 0 Å². The van der Waals surface area contributed by atoms with Crippen molar-refractivity contribution in [2.24, 2.45) is 0 Å². The van der Waals surface area contributed by atoms with Gasteiger partial charge in [0.1, 0.15) is 11.6 Å². The van der Waals surface area contributed by atoms with Crippen molar-refractivity contribution in [2.45, 2.75) is 18.9 Å². The first-order valence-corrected chi connectivity index (χ1v) is 8.27. The third-order valence-corrected chi connectivity index (χ3v) is 4.45. The summed E-state index contributed by atoms with van der Waals surface area (Å²) in [4.78, 5) is 18.1. The minimum absolute atomic E-state index is 0.0823. The number of nitrogens with one attached hydrogen (secondary N) is 2. The molecule has 0 spiro atoms. The molecule has 2 N–H and O–H groups in total. The number of hydrogen-bond donors (Lipinski definition) is 2. The molecule has 4 rings (SSSR count). The largest absolute Gasteiger partial charge is 0.482 e. The zero-order valence-corrected chi connectivity index (χ0v) is 13.4. The maximum absolute atomic E-state index is 11.3. The molecule has 1 fully saturated rings. The van der Waals surface area contributed by atoms with E-state index in [2.05, 4.69) is 26.6 Å². The van der Waals surface area contributed by atoms with E-state index in [4.69, 9.17) is 4.74 Å². The monoisotopic (exact) mass is 324 g/mol. The number of fused-ring (bicyclic) bond motifs is 1. The predicted molar refractivity (Wildman–Crippen MR) is 93.7 cm³/mol. The molecule has 2 aliphatic heterocycles. The highest BCUT2D eigenvalue weighted by atomic mass is 16.5. The van der Waals surface area contributed by atoms with Crippen molar-refractivity contribution in [1.82, 2.24) is 4.98 Å². The Morgan fingerprint density at radius 3 is 2.88 bits per heavy atom. The molecule has 1 amide bonds. The van der Waals surface area contributed by atoms with E-state index in [1.165, 1.54) is 0 Å². The highest BCUT2D eigenvalue weighted by Gasteiger charge is 2.21. The number of nitrogens with zero attached hydrogens (tertiary/aromatic N) is 2. The summed E-state index contributed by atoms with van der Waals surface area (Å²) in [5, 5.41) is 6.38. The van der Waals surface area contributed by atoms with Crippen molar-refractivity contribution in [3.8, 4) is 5.75 Å². The average Bonchev–Trinajstić information content (AvgIpc) is 2.63. The van der Waals surface area contributed by atoms with E-state index in [1.807, 2.05) is 36.5 Å². The molecule has 2 aliphatic rings. The Labute approximate surface area is 140 Å². The molecule has 124 valence electrons. The van der Waals surface area contributed by atoms with Gasteiger partial charge in [-0.05, 0) is 37.1 Å². The van der Waals surface area contributed by atoms with Crippen LogP contribution in [0, 0.1) is 0 Å². The van der Waals surface area contributed by atoms with Crippen molar-refractivity contribution in [3.63, 3.8) is 0 Å². The lowest BCUT2D eigenvalue weighted by Gasteiger charge is -2.33. The topological polar surface area (TPSA) is 66.5 Å². The molecule has 6 heteroatoms. The molecular weight excluding hydrogens is 304 g/mol. The van der Waals surface area contributed by atoms with Gasteiger partial charge in [0.2, 0.25) is 0 Å². The Hall–Kier alpha value is -2.76. The van der Waals surface area contributed by atoms with Crippen LogP contribution in [0.25, 0.3) is 0 Å². The summed E-state index contributed by atoms with van der Waals surface area (Å²) in [6, 6.07) is 12.3. The van der Waals surface area contributed by atoms with E-state index in [1.54, 1.807) is 0 Å². The number of rotatable bonds is 3. The molecule has 0 saturated carbocycles. The molecular formula is C18H20N4O2. The second kappa shape index (κ2) is 6.39. The Bertz CT molecular complexity index is 727. The number of amides is 1. The van der Waals surface area contributed by atoms with E-state index in [0.29, 0.717) is 6.04 Å². The van der Waals surface area contributed by atoms with Gasteiger partial charge < -0.3 is 20.3 Å². The fraction of sp³-hybridized carbons (Fsp3) is 0.333. The standard InChI is InChI=1S/C18H20N4O2/c23-18-12-24-16-11-14(4-5-15(16)21-18)20-13-6-9-22(10-7-13)17-3-1-2-8-19-17/h1-5,8,11,13,20H,6-7,9-10,12H2,(H,21,23). The first-order chi connectivity index (χ1) is 11.8. The van der Waals surface area contributed by atoms with Crippen molar-refractivity contribution >= 4 is 23.1 Å². The van der Waals surface area contributed by atoms with Crippen LogP contribution in [0.5, 0.6) is 5.75 Å². The zero-order chi connectivity index (χ0) is 16.4. The third kappa shape index (κ3) is 3.13. The summed E-state index contributed by atoms with van der Waals surface area (Å²) in [5.41, 5.74) is 1.77. The first kappa shape index (κ1) is 14.8. The van der Waals surface area contributed by atoms with Gasteiger partial charge in [0, 0.05) is 37.1 Å². The van der Waals surface area contributed by atoms with Crippen LogP contribution in [0.4, 0.5) is 17.2 Å². The number of ether oxygens (including phenoxy) is 1. The molecule has 0 bridgehead atoms. The van der Waals surface area contributed by atoms with Gasteiger partial charge in [-0.2, -0.15) is 0 Å². The van der Waals surface area contributed by atoms with Gasteiger partial charge in [-0.3, -0.25) is 4.79 Å². The van der Waals surface area contributed by atoms with Gasteiger partial charge in [-0.1, -0.05) is 6.07 Å². The number of carbonyl (C=O) groups excluding carboxylic acids is 1. The normalized spacial score (nSPS) is 17.7. The van der Waals surface area contributed by atoms with E-state index in [9.17, 15) is 4.79 Å². The van der Waals surface area contributed by atoms with Crippen molar-refractivity contribution in [3.05, 3.63) is 42.6 Å². The summed E-state index contributed by atoms with van der Waals surface area (Å²) in [7, 11) is 0. The van der Waals surface area contributed by atoms with Crippen LogP contribution in [0.2, 0.25) is 0 Å². The van der Waals surface area contributed by atoms with E-state index in [-0.39, 0.29) is 12.5 Å². The minimum Gasteiger partial charge on any atom is -0.482 e. The summed E-state index contributed by atoms with van der Waals surface area (Å²) in [6.45, 7) is 2.07. The fourth-order valence-corrected chi connectivity index (χ4v) is 3.19. The fourth-order valence-electron chi connectivity index (χ4n) is 3.19. The Balaban J connectivity index is 1.36. The van der Waals surface area contributed by atoms with Crippen LogP contribution in [-0.2, 0) is 4.79 Å². The van der Waals surface area contributed by atoms with Crippen LogP contribution >= 0.6 is 0 Å². The van der Waals surface area contributed by atoms with Gasteiger partial charge >= 0.3 is 0 Å². The molecule has 1 saturated heterocycles. The average molecular weight is 324 g/mol. The SMILES string of the molecule is O=C1COc2cc(NC3CCN(c4ccccn4)CC3)ccc2N1. The minimum atomic E-state index is -0.106. The number of anilines is 3. The number of piperidine rings is 1. The van der Waals surface area contributed by atoms with Crippen LogP contribution in [0.3, 0.4) is 0 Å². The summed E-state index contributed by atoms with van der Waals surface area (Å²) < 4.78 is 5.47. The zero-order valence-electron chi connectivity index (χ0n) is 13.4. The smallest absolute Gasteiger partial charge is 0.262 e. The molecule has 0 atom stereocenters. The van der Waals surface area contributed by atoms with Gasteiger partial charge in [-0.25, -0.2) is 4.98 Å². The van der Waals surface area contributed by atoms with E-state index in [0.717, 1.165) is 48.9 Å². The maximum atomic E-state index is 11.3. The number of hydrogen-bond acceptors (Lipinski definition) is 5. The molecule has 0 radical (unpaired) electrons. The molecule has 0 unspecified atom stereocenters.